The van der Waals surface area contributed by atoms with E-state index in [1.54, 1.807) is 0 Å². The van der Waals surface area contributed by atoms with Crippen molar-refractivity contribution in [1.29, 1.82) is 0 Å². The van der Waals surface area contributed by atoms with E-state index in [4.69, 9.17) is 4.74 Å². The molecule has 1 N–H and O–H groups in total. The summed E-state index contributed by atoms with van der Waals surface area (Å²) in [6, 6.07) is 15.4. The Morgan fingerprint density at radius 2 is 1.84 bits per heavy atom. The lowest BCUT2D eigenvalue weighted by Gasteiger charge is -2.26. The molecule has 2 aromatic rings. The molecule has 2 aromatic carbocycles. The molecule has 0 bridgehead atoms. The van der Waals surface area contributed by atoms with Gasteiger partial charge in [-0.25, -0.2) is 0 Å². The van der Waals surface area contributed by atoms with Crippen LogP contribution in [-0.4, -0.2) is 30.5 Å². The summed E-state index contributed by atoms with van der Waals surface area (Å²) in [5, 5.41) is 2.93. The summed E-state index contributed by atoms with van der Waals surface area (Å²) in [7, 11) is 0. The fraction of sp³-hybridized carbons (Fsp3) is 0.381. The molecule has 25 heavy (non-hydrogen) atoms. The Hall–Kier alpha value is -2.33. The standard InChI is InChI=1S/C21H26N2O2/c1-2-25-20-8-6-7-19(15-20)22-21(24)18-11-9-17(10-12-18)16-23-13-4-3-5-14-23/h6-12,15H,2-5,13-14,16H2,1H3,(H,22,24). The molecule has 0 unspecified atom stereocenters. The van der Waals surface area contributed by atoms with Gasteiger partial charge >= 0.3 is 0 Å². The van der Waals surface area contributed by atoms with Crippen LogP contribution in [0.2, 0.25) is 0 Å². The second kappa shape index (κ2) is 8.67. The third-order valence-electron chi connectivity index (χ3n) is 4.47. The molecule has 1 amide bonds. The van der Waals surface area contributed by atoms with Crippen molar-refractivity contribution in [2.75, 3.05) is 25.0 Å². The zero-order chi connectivity index (χ0) is 17.5. The number of rotatable bonds is 6. The van der Waals surface area contributed by atoms with Crippen molar-refractivity contribution in [3.8, 4) is 5.75 Å². The summed E-state index contributed by atoms with van der Waals surface area (Å²) in [5.74, 6) is 0.662. The lowest BCUT2D eigenvalue weighted by atomic mass is 10.1. The average molecular weight is 338 g/mol. The van der Waals surface area contributed by atoms with Crippen molar-refractivity contribution in [2.45, 2.75) is 32.7 Å². The highest BCUT2D eigenvalue weighted by molar-refractivity contribution is 6.04. The van der Waals surface area contributed by atoms with Crippen molar-refractivity contribution in [3.05, 3.63) is 59.7 Å². The van der Waals surface area contributed by atoms with Crippen molar-refractivity contribution < 1.29 is 9.53 Å². The molecule has 0 spiro atoms. The zero-order valence-corrected chi connectivity index (χ0v) is 14.8. The Morgan fingerprint density at radius 3 is 2.56 bits per heavy atom. The predicted molar refractivity (Wildman–Crippen MR) is 101 cm³/mol. The first kappa shape index (κ1) is 17.5. The number of nitrogens with zero attached hydrogens (tertiary/aromatic N) is 1. The van der Waals surface area contributed by atoms with Gasteiger partial charge in [0.2, 0.25) is 0 Å². The maximum atomic E-state index is 12.4. The SMILES string of the molecule is CCOc1cccc(NC(=O)c2ccc(CN3CCCCC3)cc2)c1. The Kier molecular flexibility index (Phi) is 6.07. The summed E-state index contributed by atoms with van der Waals surface area (Å²) in [6.07, 6.45) is 3.93. The topological polar surface area (TPSA) is 41.6 Å². The normalized spacial score (nSPS) is 14.9. The molecule has 1 aliphatic rings. The van der Waals surface area contributed by atoms with Gasteiger partial charge in [0, 0.05) is 23.9 Å². The lowest BCUT2D eigenvalue weighted by Crippen LogP contribution is -2.29. The first-order chi connectivity index (χ1) is 12.2. The van der Waals surface area contributed by atoms with Gasteiger partial charge in [0.15, 0.2) is 0 Å². The van der Waals surface area contributed by atoms with E-state index >= 15 is 0 Å². The minimum atomic E-state index is -0.0989. The number of hydrogen-bond acceptors (Lipinski definition) is 3. The van der Waals surface area contributed by atoms with E-state index in [1.165, 1.54) is 37.9 Å². The Labute approximate surface area is 149 Å². The minimum absolute atomic E-state index is 0.0989. The monoisotopic (exact) mass is 338 g/mol. The van der Waals surface area contributed by atoms with E-state index in [2.05, 4.69) is 22.3 Å². The molecule has 0 saturated carbocycles. The van der Waals surface area contributed by atoms with Crippen LogP contribution in [-0.2, 0) is 6.54 Å². The molecule has 132 valence electrons. The number of carbonyl (C=O) groups is 1. The predicted octanol–water partition coefficient (Wildman–Crippen LogP) is 4.32. The van der Waals surface area contributed by atoms with E-state index in [-0.39, 0.29) is 5.91 Å². The summed E-state index contributed by atoms with van der Waals surface area (Å²) in [4.78, 5) is 14.9. The Morgan fingerprint density at radius 1 is 1.08 bits per heavy atom. The van der Waals surface area contributed by atoms with Crippen LogP contribution in [0, 0.1) is 0 Å². The van der Waals surface area contributed by atoms with Crippen molar-refractivity contribution in [1.82, 2.24) is 4.90 Å². The van der Waals surface area contributed by atoms with E-state index in [9.17, 15) is 4.79 Å². The number of piperidine rings is 1. The van der Waals surface area contributed by atoms with E-state index in [0.717, 1.165) is 18.0 Å². The fourth-order valence-electron chi connectivity index (χ4n) is 3.17. The van der Waals surface area contributed by atoms with Gasteiger partial charge in [0.05, 0.1) is 6.61 Å². The molecule has 1 fully saturated rings. The third kappa shape index (κ3) is 5.07. The van der Waals surface area contributed by atoms with Crippen molar-refractivity contribution in [2.24, 2.45) is 0 Å². The number of likely N-dealkylation sites (tertiary alicyclic amines) is 1. The van der Waals surface area contributed by atoms with Crippen LogP contribution in [0.15, 0.2) is 48.5 Å². The van der Waals surface area contributed by atoms with Crippen molar-refractivity contribution in [3.63, 3.8) is 0 Å². The second-order valence-electron chi connectivity index (χ2n) is 6.45. The van der Waals surface area contributed by atoms with Gasteiger partial charge in [-0.3, -0.25) is 9.69 Å². The van der Waals surface area contributed by atoms with Gasteiger partial charge in [-0.15, -0.1) is 0 Å². The number of carbonyl (C=O) groups excluding carboxylic acids is 1. The molecule has 0 atom stereocenters. The van der Waals surface area contributed by atoms with Crippen molar-refractivity contribution >= 4 is 11.6 Å². The molecule has 0 aliphatic carbocycles. The molecule has 0 aromatic heterocycles. The highest BCUT2D eigenvalue weighted by Crippen LogP contribution is 2.19. The fourth-order valence-corrected chi connectivity index (χ4v) is 3.17. The smallest absolute Gasteiger partial charge is 0.255 e. The number of nitrogens with one attached hydrogen (secondary N) is 1. The molecule has 4 heteroatoms. The maximum Gasteiger partial charge on any atom is 0.255 e. The van der Waals surface area contributed by atoms with Gasteiger partial charge < -0.3 is 10.1 Å². The number of hydrogen-bond donors (Lipinski definition) is 1. The lowest BCUT2D eigenvalue weighted by molar-refractivity contribution is 0.102. The summed E-state index contributed by atoms with van der Waals surface area (Å²) in [6.45, 7) is 5.88. The first-order valence-corrected chi connectivity index (χ1v) is 9.10. The van der Waals surface area contributed by atoms with Crippen LogP contribution in [0.3, 0.4) is 0 Å². The molecule has 0 radical (unpaired) electrons. The molecule has 1 saturated heterocycles. The van der Waals surface area contributed by atoms with Gasteiger partial charge in [-0.1, -0.05) is 24.6 Å². The molecule has 1 aliphatic heterocycles. The summed E-state index contributed by atoms with van der Waals surface area (Å²) < 4.78 is 5.47. The van der Waals surface area contributed by atoms with Crippen LogP contribution in [0.4, 0.5) is 5.69 Å². The number of amides is 1. The van der Waals surface area contributed by atoms with Gasteiger partial charge in [0.25, 0.3) is 5.91 Å². The number of anilines is 1. The van der Waals surface area contributed by atoms with E-state index in [1.807, 2.05) is 43.3 Å². The van der Waals surface area contributed by atoms with Gasteiger partial charge in [-0.2, -0.15) is 0 Å². The third-order valence-corrected chi connectivity index (χ3v) is 4.47. The highest BCUT2D eigenvalue weighted by atomic mass is 16.5. The molecule has 4 nitrogen and oxygen atoms in total. The highest BCUT2D eigenvalue weighted by Gasteiger charge is 2.11. The average Bonchev–Trinajstić information content (AvgIpc) is 2.64. The van der Waals surface area contributed by atoms with Crippen LogP contribution in [0.1, 0.15) is 42.1 Å². The first-order valence-electron chi connectivity index (χ1n) is 9.10. The van der Waals surface area contributed by atoms with Gasteiger partial charge in [0.1, 0.15) is 5.75 Å². The second-order valence-corrected chi connectivity index (χ2v) is 6.45. The van der Waals surface area contributed by atoms with Crippen LogP contribution in [0.5, 0.6) is 5.75 Å². The van der Waals surface area contributed by atoms with E-state index < -0.39 is 0 Å². The molecular weight excluding hydrogens is 312 g/mol. The quantitative estimate of drug-likeness (QED) is 0.853. The molecule has 1 heterocycles. The molecular formula is C21H26N2O2. The van der Waals surface area contributed by atoms with Crippen LogP contribution < -0.4 is 10.1 Å². The maximum absolute atomic E-state index is 12.4. The van der Waals surface area contributed by atoms with E-state index in [0.29, 0.717) is 12.2 Å². The Balaban J connectivity index is 1.59. The minimum Gasteiger partial charge on any atom is -0.494 e. The Bertz CT molecular complexity index is 691. The van der Waals surface area contributed by atoms with Gasteiger partial charge in [-0.05, 0) is 62.7 Å². The molecule has 3 rings (SSSR count). The largest absolute Gasteiger partial charge is 0.494 e. The zero-order valence-electron chi connectivity index (χ0n) is 14.8. The number of ether oxygens (including phenoxy) is 1. The summed E-state index contributed by atoms with van der Waals surface area (Å²) >= 11 is 0. The summed E-state index contributed by atoms with van der Waals surface area (Å²) in [5.41, 5.74) is 2.68. The van der Waals surface area contributed by atoms with Crippen LogP contribution >= 0.6 is 0 Å². The van der Waals surface area contributed by atoms with Crippen LogP contribution in [0.25, 0.3) is 0 Å². The number of benzene rings is 2.